The molecule has 1 saturated heterocycles. The lowest BCUT2D eigenvalue weighted by molar-refractivity contribution is -0.133. The van der Waals surface area contributed by atoms with Crippen LogP contribution in [0.15, 0.2) is 30.3 Å². The molecule has 2 fully saturated rings. The zero-order valence-electron chi connectivity index (χ0n) is 20.4. The number of hydrogen-bond donors (Lipinski definition) is 1. The summed E-state index contributed by atoms with van der Waals surface area (Å²) in [6.07, 6.45) is 3.78. The zero-order valence-corrected chi connectivity index (χ0v) is 20.4. The fourth-order valence-corrected chi connectivity index (χ4v) is 7.29. The molecule has 4 aliphatic rings. The number of likely N-dealkylation sites (N-methyl/N-ethyl adjacent to an activating group) is 2. The highest BCUT2D eigenvalue weighted by atomic mass is 16.5. The molecule has 2 aliphatic carbocycles. The molecule has 6 rings (SSSR count). The molecule has 176 valence electrons. The number of nitrogens with zero attached hydrogens (tertiary/aromatic N) is 2. The summed E-state index contributed by atoms with van der Waals surface area (Å²) in [7, 11) is 4.10. The van der Waals surface area contributed by atoms with Crippen molar-refractivity contribution >= 4 is 5.91 Å². The minimum Gasteiger partial charge on any atom is -0.504 e. The zero-order chi connectivity index (χ0) is 23.8. The van der Waals surface area contributed by atoms with Gasteiger partial charge in [0.15, 0.2) is 11.5 Å². The first-order valence-electron chi connectivity index (χ1n) is 12.4. The largest absolute Gasteiger partial charge is 0.504 e. The first-order chi connectivity index (χ1) is 16.3. The topological polar surface area (TPSA) is 53.0 Å². The van der Waals surface area contributed by atoms with Gasteiger partial charge >= 0.3 is 0 Å². The number of carbonyl (C=O) groups excluding carboxylic acids is 1. The van der Waals surface area contributed by atoms with Crippen molar-refractivity contribution in [3.63, 3.8) is 0 Å². The number of ether oxygens (including phenoxy) is 1. The Labute approximate surface area is 201 Å². The van der Waals surface area contributed by atoms with Gasteiger partial charge < -0.3 is 19.6 Å². The summed E-state index contributed by atoms with van der Waals surface area (Å²) in [4.78, 5) is 17.5. The third-order valence-corrected chi connectivity index (χ3v) is 9.20. The van der Waals surface area contributed by atoms with Gasteiger partial charge in [-0.3, -0.25) is 4.79 Å². The van der Waals surface area contributed by atoms with Crippen LogP contribution in [0.25, 0.3) is 0 Å². The van der Waals surface area contributed by atoms with E-state index < -0.39 is 0 Å². The lowest BCUT2D eigenvalue weighted by Gasteiger charge is -2.59. The number of amides is 1. The van der Waals surface area contributed by atoms with Crippen molar-refractivity contribution in [2.75, 3.05) is 20.6 Å². The predicted molar refractivity (Wildman–Crippen MR) is 131 cm³/mol. The molecule has 2 heterocycles. The third-order valence-electron chi connectivity index (χ3n) is 9.20. The molecule has 1 amide bonds. The Morgan fingerprint density at radius 3 is 2.82 bits per heavy atom. The quantitative estimate of drug-likeness (QED) is 0.667. The average molecular weight is 457 g/mol. The smallest absolute Gasteiger partial charge is 0.298 e. The van der Waals surface area contributed by atoms with Crippen molar-refractivity contribution in [1.82, 2.24) is 9.80 Å². The van der Waals surface area contributed by atoms with Crippen molar-refractivity contribution in [2.24, 2.45) is 5.92 Å². The minimum absolute atomic E-state index is 0.0698. The van der Waals surface area contributed by atoms with E-state index in [-0.39, 0.29) is 29.2 Å². The van der Waals surface area contributed by atoms with Gasteiger partial charge in [0.2, 0.25) is 0 Å². The predicted octanol–water partition coefficient (Wildman–Crippen LogP) is 3.56. The lowest BCUT2D eigenvalue weighted by Crippen LogP contribution is -2.68. The highest BCUT2D eigenvalue weighted by Crippen LogP contribution is 2.64. The molecule has 0 unspecified atom stereocenters. The van der Waals surface area contributed by atoms with Crippen LogP contribution >= 0.6 is 0 Å². The molecule has 2 bridgehead atoms. The van der Waals surface area contributed by atoms with Crippen molar-refractivity contribution in [1.29, 1.82) is 0 Å². The Bertz CT molecular complexity index is 1260. The van der Waals surface area contributed by atoms with E-state index in [9.17, 15) is 9.90 Å². The van der Waals surface area contributed by atoms with Crippen molar-refractivity contribution in [3.8, 4) is 23.3 Å². The number of rotatable bonds is 1. The molecule has 1 N–H and O–H groups in total. The van der Waals surface area contributed by atoms with Gasteiger partial charge in [0.1, 0.15) is 6.10 Å². The number of hydrogen-bond acceptors (Lipinski definition) is 4. The van der Waals surface area contributed by atoms with Crippen LogP contribution in [0.1, 0.15) is 47.1 Å². The average Bonchev–Trinajstić information content (AvgIpc) is 3.18. The van der Waals surface area contributed by atoms with Crippen LogP contribution in [0.4, 0.5) is 0 Å². The molecule has 2 aliphatic heterocycles. The third kappa shape index (κ3) is 2.88. The maximum atomic E-state index is 13.2. The number of aromatic hydroxyl groups is 1. The molecule has 34 heavy (non-hydrogen) atoms. The summed E-state index contributed by atoms with van der Waals surface area (Å²) in [5, 5.41) is 10.7. The Kier molecular flexibility index (Phi) is 4.76. The van der Waals surface area contributed by atoms with Gasteiger partial charge in [0.05, 0.1) is 6.04 Å². The Morgan fingerprint density at radius 1 is 1.21 bits per heavy atom. The van der Waals surface area contributed by atoms with E-state index in [1.54, 1.807) is 11.0 Å². The highest BCUT2D eigenvalue weighted by Gasteiger charge is 2.66. The summed E-state index contributed by atoms with van der Waals surface area (Å²) in [5.41, 5.74) is 5.63. The van der Waals surface area contributed by atoms with Crippen molar-refractivity contribution in [3.05, 3.63) is 58.1 Å². The number of likely N-dealkylation sites (tertiary alicyclic amines) is 1. The van der Waals surface area contributed by atoms with Gasteiger partial charge in [-0.25, -0.2) is 0 Å². The van der Waals surface area contributed by atoms with Crippen LogP contribution in [0.3, 0.4) is 0 Å². The molecule has 0 aromatic heterocycles. The SMILES string of the molecule is Cc1ccc(C#CC(=O)N(C)[C@@H]2CC[C@H]3[C@H]4Cc5ccc(O)c6c5[C@@]3(CCN4C)[C@H]2O6)cc1C. The fourth-order valence-electron chi connectivity index (χ4n) is 7.29. The van der Waals surface area contributed by atoms with E-state index in [1.165, 1.54) is 22.3 Å². The number of carbonyl (C=O) groups is 1. The van der Waals surface area contributed by atoms with Gasteiger partial charge in [-0.2, -0.15) is 0 Å². The monoisotopic (exact) mass is 456 g/mol. The van der Waals surface area contributed by atoms with Crippen LogP contribution in [0.2, 0.25) is 0 Å². The minimum atomic E-state index is -0.178. The molecule has 1 spiro atoms. The number of piperidine rings is 1. The molecular weight excluding hydrogens is 424 g/mol. The second-order valence-corrected chi connectivity index (χ2v) is 10.7. The summed E-state index contributed by atoms with van der Waals surface area (Å²) >= 11 is 0. The standard InChI is InChI=1S/C29H32N2O3/c1-17-5-6-19(15-18(17)2)7-12-25(33)31(4)22-10-9-21-23-16-20-8-11-24(32)27-26(20)29(21,28(22)34-27)13-14-30(23)3/h5-6,8,11,15,21-23,28,32H,9-10,13-14,16H2,1-4H3/t21-,22+,23+,28-,29-/m0/s1. The second kappa shape index (κ2) is 7.52. The van der Waals surface area contributed by atoms with Crippen LogP contribution in [0, 0.1) is 31.6 Å². The summed E-state index contributed by atoms with van der Waals surface area (Å²) in [5.74, 6) is 7.12. The number of benzene rings is 2. The number of phenols is 1. The first-order valence-corrected chi connectivity index (χ1v) is 12.4. The van der Waals surface area contributed by atoms with E-state index in [4.69, 9.17) is 4.74 Å². The van der Waals surface area contributed by atoms with Crippen LogP contribution in [-0.2, 0) is 16.6 Å². The molecule has 5 nitrogen and oxygen atoms in total. The molecular formula is C29H32N2O3. The van der Waals surface area contributed by atoms with Crippen molar-refractivity contribution < 1.29 is 14.6 Å². The highest BCUT2D eigenvalue weighted by molar-refractivity contribution is 5.94. The van der Waals surface area contributed by atoms with Gasteiger partial charge in [-0.1, -0.05) is 18.1 Å². The van der Waals surface area contributed by atoms with Crippen LogP contribution < -0.4 is 4.74 Å². The van der Waals surface area contributed by atoms with E-state index in [0.717, 1.165) is 37.8 Å². The van der Waals surface area contributed by atoms with Gasteiger partial charge in [0, 0.05) is 35.6 Å². The Hall–Kier alpha value is -2.97. The van der Waals surface area contributed by atoms with Gasteiger partial charge in [0.25, 0.3) is 5.91 Å². The second-order valence-electron chi connectivity index (χ2n) is 10.7. The van der Waals surface area contributed by atoms with Crippen LogP contribution in [0.5, 0.6) is 11.5 Å². The van der Waals surface area contributed by atoms with Gasteiger partial charge in [-0.05, 0) is 93.9 Å². The maximum absolute atomic E-state index is 13.2. The summed E-state index contributed by atoms with van der Waals surface area (Å²) < 4.78 is 6.61. The Morgan fingerprint density at radius 2 is 2.03 bits per heavy atom. The van der Waals surface area contributed by atoms with E-state index in [1.807, 2.05) is 25.2 Å². The molecule has 5 heteroatoms. The maximum Gasteiger partial charge on any atom is 0.298 e. The van der Waals surface area contributed by atoms with Gasteiger partial charge in [-0.15, -0.1) is 0 Å². The molecule has 0 radical (unpaired) electrons. The first kappa shape index (κ1) is 21.6. The Balaban J connectivity index is 1.35. The van der Waals surface area contributed by atoms with E-state index in [2.05, 4.69) is 43.7 Å². The normalized spacial score (nSPS) is 30.6. The molecule has 2 aromatic carbocycles. The number of phenolic OH excluding ortho intramolecular Hbond substituents is 1. The summed E-state index contributed by atoms with van der Waals surface area (Å²) in [6.45, 7) is 5.14. The summed E-state index contributed by atoms with van der Waals surface area (Å²) in [6, 6.07) is 10.3. The molecule has 2 aromatic rings. The van der Waals surface area contributed by atoms with Crippen molar-refractivity contribution in [2.45, 2.75) is 63.1 Å². The molecule has 1 saturated carbocycles. The fraction of sp³-hybridized carbons (Fsp3) is 0.483. The van der Waals surface area contributed by atoms with E-state index in [0.29, 0.717) is 17.7 Å². The van der Waals surface area contributed by atoms with Crippen LogP contribution in [-0.4, -0.2) is 59.6 Å². The number of aryl methyl sites for hydroxylation is 2. The van der Waals surface area contributed by atoms with E-state index >= 15 is 0 Å². The molecule has 5 atom stereocenters. The lowest BCUT2D eigenvalue weighted by atomic mass is 9.51.